The van der Waals surface area contributed by atoms with E-state index >= 15 is 0 Å². The van der Waals surface area contributed by atoms with E-state index in [2.05, 4.69) is 20.4 Å². The summed E-state index contributed by atoms with van der Waals surface area (Å²) in [5.41, 5.74) is 0.807. The summed E-state index contributed by atoms with van der Waals surface area (Å²) in [4.78, 5) is 24.7. The van der Waals surface area contributed by atoms with Gasteiger partial charge in [0.15, 0.2) is 0 Å². The van der Waals surface area contributed by atoms with Gasteiger partial charge in [-0.15, -0.1) is 0 Å². The summed E-state index contributed by atoms with van der Waals surface area (Å²) >= 11 is 0. The number of hydrogen-bond acceptors (Lipinski definition) is 5. The Balaban J connectivity index is 1.79. The third-order valence-electron chi connectivity index (χ3n) is 5.20. The molecule has 0 spiro atoms. The highest BCUT2D eigenvalue weighted by Crippen LogP contribution is 2.19. The molecule has 2 aromatic carbocycles. The van der Waals surface area contributed by atoms with Crippen LogP contribution >= 0.6 is 0 Å². The Morgan fingerprint density at radius 1 is 0.697 bits per heavy atom. The maximum atomic E-state index is 12.4. The van der Waals surface area contributed by atoms with Gasteiger partial charge in [-0.25, -0.2) is 9.59 Å². The van der Waals surface area contributed by atoms with Crippen LogP contribution in [0.3, 0.4) is 0 Å². The first-order valence-corrected chi connectivity index (χ1v) is 12.0. The fourth-order valence-corrected chi connectivity index (χ4v) is 3.22. The minimum absolute atomic E-state index is 0.353. The molecular weight excluding hydrogens is 416 g/mol. The van der Waals surface area contributed by atoms with Crippen molar-refractivity contribution in [3.8, 4) is 11.5 Å². The van der Waals surface area contributed by atoms with Gasteiger partial charge in [0.1, 0.15) is 17.3 Å². The van der Waals surface area contributed by atoms with E-state index in [1.165, 1.54) is 19.3 Å². The molecule has 0 saturated heterocycles. The molecule has 178 valence electrons. The van der Waals surface area contributed by atoms with Gasteiger partial charge in [0.25, 0.3) is 0 Å². The lowest BCUT2D eigenvalue weighted by atomic mass is 10.1. The molecule has 0 unspecified atom stereocenters. The SMILES string of the molecule is C=C(CCCCCC)OC(=O)c1ccc(OC(=O)c2ccc(OCCCCCC)cc2)cc1. The van der Waals surface area contributed by atoms with Crippen LogP contribution in [0.1, 0.15) is 92.4 Å². The van der Waals surface area contributed by atoms with Crippen molar-refractivity contribution in [2.24, 2.45) is 0 Å². The predicted molar refractivity (Wildman–Crippen MR) is 131 cm³/mol. The van der Waals surface area contributed by atoms with Crippen LogP contribution in [0.2, 0.25) is 0 Å². The van der Waals surface area contributed by atoms with Gasteiger partial charge in [-0.3, -0.25) is 0 Å². The summed E-state index contributed by atoms with van der Waals surface area (Å²) in [5, 5.41) is 0. The maximum Gasteiger partial charge on any atom is 0.343 e. The Morgan fingerprint density at radius 2 is 1.24 bits per heavy atom. The molecule has 5 nitrogen and oxygen atoms in total. The number of ether oxygens (including phenoxy) is 3. The van der Waals surface area contributed by atoms with Gasteiger partial charge in [0.2, 0.25) is 0 Å². The lowest BCUT2D eigenvalue weighted by molar-refractivity contribution is 0.0614. The smallest absolute Gasteiger partial charge is 0.343 e. The van der Waals surface area contributed by atoms with E-state index in [0.29, 0.717) is 35.7 Å². The number of carbonyl (C=O) groups is 2. The number of hydrogen-bond donors (Lipinski definition) is 0. The largest absolute Gasteiger partial charge is 0.494 e. The molecule has 0 heterocycles. The van der Waals surface area contributed by atoms with Gasteiger partial charge in [0, 0.05) is 6.42 Å². The third kappa shape index (κ3) is 9.94. The van der Waals surface area contributed by atoms with Crippen LogP contribution in [-0.4, -0.2) is 18.5 Å². The average molecular weight is 453 g/mol. The van der Waals surface area contributed by atoms with Crippen LogP contribution < -0.4 is 9.47 Å². The topological polar surface area (TPSA) is 61.8 Å². The molecule has 0 aliphatic rings. The summed E-state index contributed by atoms with van der Waals surface area (Å²) < 4.78 is 16.4. The number of carbonyl (C=O) groups excluding carboxylic acids is 2. The number of rotatable bonds is 15. The Hall–Kier alpha value is -3.08. The zero-order valence-electron chi connectivity index (χ0n) is 19.9. The molecular formula is C28H36O5. The molecule has 0 radical (unpaired) electrons. The molecule has 0 bridgehead atoms. The van der Waals surface area contributed by atoms with Crippen molar-refractivity contribution < 1.29 is 23.8 Å². The van der Waals surface area contributed by atoms with Crippen molar-refractivity contribution in [3.63, 3.8) is 0 Å². The molecule has 0 aliphatic heterocycles. The normalized spacial score (nSPS) is 10.5. The van der Waals surface area contributed by atoms with E-state index in [-0.39, 0.29) is 0 Å². The highest BCUT2D eigenvalue weighted by Gasteiger charge is 2.12. The van der Waals surface area contributed by atoms with E-state index in [9.17, 15) is 9.59 Å². The maximum absolute atomic E-state index is 12.4. The van der Waals surface area contributed by atoms with Gasteiger partial charge in [0.05, 0.1) is 17.7 Å². The van der Waals surface area contributed by atoms with Crippen LogP contribution in [0.25, 0.3) is 0 Å². The van der Waals surface area contributed by atoms with Gasteiger partial charge >= 0.3 is 11.9 Å². The highest BCUT2D eigenvalue weighted by molar-refractivity contribution is 5.92. The molecule has 0 fully saturated rings. The molecule has 5 heteroatoms. The Labute approximate surface area is 197 Å². The monoisotopic (exact) mass is 452 g/mol. The fraction of sp³-hybridized carbons (Fsp3) is 0.429. The molecule has 2 rings (SSSR count). The second-order valence-corrected chi connectivity index (χ2v) is 8.09. The molecule has 2 aromatic rings. The Kier molecular flexibility index (Phi) is 11.8. The first-order valence-electron chi connectivity index (χ1n) is 12.0. The average Bonchev–Trinajstić information content (AvgIpc) is 2.82. The molecule has 0 N–H and O–H groups in total. The number of esters is 2. The van der Waals surface area contributed by atoms with Crippen LogP contribution in [0.5, 0.6) is 11.5 Å². The lowest BCUT2D eigenvalue weighted by Crippen LogP contribution is -2.09. The second kappa shape index (κ2) is 14.9. The standard InChI is InChI=1S/C28H36O5/c1-4-6-8-10-12-22(3)32-27(29)23-15-19-26(20-16-23)33-28(30)24-13-17-25(18-14-24)31-21-11-9-7-5-2/h13-20H,3-12,21H2,1-2H3. The van der Waals surface area contributed by atoms with E-state index in [4.69, 9.17) is 14.2 Å². The lowest BCUT2D eigenvalue weighted by Gasteiger charge is -2.09. The quantitative estimate of drug-likeness (QED) is 0.121. The second-order valence-electron chi connectivity index (χ2n) is 8.09. The summed E-state index contributed by atoms with van der Waals surface area (Å²) in [6.07, 6.45) is 9.64. The predicted octanol–water partition coefficient (Wildman–Crippen LogP) is 7.51. The van der Waals surface area contributed by atoms with Crippen molar-refractivity contribution in [1.29, 1.82) is 0 Å². The van der Waals surface area contributed by atoms with E-state index < -0.39 is 11.9 Å². The van der Waals surface area contributed by atoms with Crippen LogP contribution in [-0.2, 0) is 4.74 Å². The summed E-state index contributed by atoms with van der Waals surface area (Å²) in [7, 11) is 0. The van der Waals surface area contributed by atoms with E-state index in [0.717, 1.165) is 37.9 Å². The summed E-state index contributed by atoms with van der Waals surface area (Å²) in [5.74, 6) is 0.628. The Bertz CT molecular complexity index is 868. The third-order valence-corrected chi connectivity index (χ3v) is 5.20. The molecule has 0 aliphatic carbocycles. The van der Waals surface area contributed by atoms with Crippen molar-refractivity contribution in [2.45, 2.75) is 71.6 Å². The van der Waals surface area contributed by atoms with Crippen LogP contribution in [0, 0.1) is 0 Å². The Morgan fingerprint density at radius 3 is 1.85 bits per heavy atom. The van der Waals surface area contributed by atoms with Crippen LogP contribution in [0.15, 0.2) is 60.9 Å². The number of allylic oxidation sites excluding steroid dienone is 1. The first-order chi connectivity index (χ1) is 16.0. The van der Waals surface area contributed by atoms with Crippen LogP contribution in [0.4, 0.5) is 0 Å². The van der Waals surface area contributed by atoms with Gasteiger partial charge in [-0.2, -0.15) is 0 Å². The molecule has 33 heavy (non-hydrogen) atoms. The zero-order chi connectivity index (χ0) is 23.9. The fourth-order valence-electron chi connectivity index (χ4n) is 3.22. The number of benzene rings is 2. The molecule has 0 amide bonds. The molecule has 0 atom stereocenters. The number of unbranched alkanes of at least 4 members (excludes halogenated alkanes) is 6. The van der Waals surface area contributed by atoms with Gasteiger partial charge < -0.3 is 14.2 Å². The van der Waals surface area contributed by atoms with Crippen molar-refractivity contribution in [1.82, 2.24) is 0 Å². The molecule has 0 saturated carbocycles. The van der Waals surface area contributed by atoms with Gasteiger partial charge in [-0.1, -0.05) is 59.0 Å². The first kappa shape index (κ1) is 26.2. The minimum atomic E-state index is -0.472. The highest BCUT2D eigenvalue weighted by atomic mass is 16.5. The summed E-state index contributed by atoms with van der Waals surface area (Å²) in [6.45, 7) is 8.82. The van der Waals surface area contributed by atoms with E-state index in [1.807, 2.05) is 0 Å². The van der Waals surface area contributed by atoms with E-state index in [1.54, 1.807) is 48.5 Å². The minimum Gasteiger partial charge on any atom is -0.494 e. The van der Waals surface area contributed by atoms with Gasteiger partial charge in [-0.05, 0) is 61.4 Å². The molecule has 0 aromatic heterocycles. The van der Waals surface area contributed by atoms with Crippen molar-refractivity contribution in [2.75, 3.05) is 6.61 Å². The van der Waals surface area contributed by atoms with Crippen molar-refractivity contribution >= 4 is 11.9 Å². The zero-order valence-corrected chi connectivity index (χ0v) is 19.9. The van der Waals surface area contributed by atoms with Crippen molar-refractivity contribution in [3.05, 3.63) is 72.0 Å². The summed E-state index contributed by atoms with van der Waals surface area (Å²) in [6, 6.07) is 13.2.